The van der Waals surface area contributed by atoms with E-state index in [9.17, 15) is 0 Å². The molecule has 0 aliphatic carbocycles. The molecule has 0 aromatic rings. The molecule has 0 amide bonds. The maximum atomic E-state index is 5.39. The summed E-state index contributed by atoms with van der Waals surface area (Å²) in [6.07, 6.45) is 6.47. The molecule has 0 radical (unpaired) electrons. The van der Waals surface area contributed by atoms with Gasteiger partial charge in [0.15, 0.2) is 0 Å². The van der Waals surface area contributed by atoms with Gasteiger partial charge in [0.05, 0.1) is 0 Å². The van der Waals surface area contributed by atoms with E-state index in [1.165, 1.54) is 12.8 Å². The molecule has 0 fully saturated rings. The molecule has 4 heteroatoms. The summed E-state index contributed by atoms with van der Waals surface area (Å²) < 4.78 is 0. The van der Waals surface area contributed by atoms with Crippen molar-refractivity contribution in [3.05, 3.63) is 13.8 Å². The van der Waals surface area contributed by atoms with Crippen LogP contribution in [0.1, 0.15) is 45.4 Å². The van der Waals surface area contributed by atoms with E-state index in [1.54, 1.807) is 0 Å². The molecule has 0 heterocycles. The summed E-state index contributed by atoms with van der Waals surface area (Å²) >= 11 is 10.8. The maximum Gasteiger partial charge on any atom is 2.00 e. The van der Waals surface area contributed by atoms with E-state index >= 15 is 0 Å². The Bertz CT molecular complexity index is 71.1. The van der Waals surface area contributed by atoms with Crippen molar-refractivity contribution in [2.45, 2.75) is 50.3 Å². The molecule has 0 nitrogen and oxygen atoms in total. The predicted molar refractivity (Wildman–Crippen MR) is 59.6 cm³/mol. The second-order valence-corrected chi connectivity index (χ2v) is 3.87. The molecular weight excluding hydrogens is 353 g/mol. The molecule has 0 aromatic carbocycles. The topological polar surface area (TPSA) is 0 Å². The summed E-state index contributed by atoms with van der Waals surface area (Å²) in [6, 6.07) is 0. The summed E-state index contributed by atoms with van der Waals surface area (Å²) in [7, 11) is 0. The zero-order valence-corrected chi connectivity index (χ0v) is 12.8. The van der Waals surface area contributed by atoms with Crippen molar-refractivity contribution in [3.63, 3.8) is 0 Å². The molecule has 0 aliphatic heterocycles. The molecule has 0 spiro atoms. The average molecular weight is 373 g/mol. The first-order chi connectivity index (χ1) is 5.68. The number of halogens is 2. The van der Waals surface area contributed by atoms with Gasteiger partial charge >= 0.3 is 17.1 Å². The molecule has 0 saturated carbocycles. The Morgan fingerprint density at radius 3 is 1.57 bits per heavy atom. The van der Waals surface area contributed by atoms with Crippen LogP contribution < -0.4 is 0 Å². The Morgan fingerprint density at radius 2 is 1.50 bits per heavy atom. The van der Waals surface area contributed by atoms with E-state index in [4.69, 9.17) is 23.2 Å². The third-order valence-electron chi connectivity index (χ3n) is 1.28. The number of hydrogen-bond donors (Lipinski definition) is 0. The van der Waals surface area contributed by atoms with Gasteiger partial charge in [-0.15, -0.1) is 23.2 Å². The van der Waals surface area contributed by atoms with Crippen LogP contribution in [0.15, 0.2) is 0 Å². The SMILES string of the molecule is [CH2-]CCCC.[CH2-]CCCC(Cl)Cl.[Fe+2].[Pd]. The van der Waals surface area contributed by atoms with Crippen molar-refractivity contribution in [2.75, 3.05) is 0 Å². The Balaban J connectivity index is -0.0000000651. The minimum atomic E-state index is -0.193. The van der Waals surface area contributed by atoms with E-state index in [0.717, 1.165) is 25.7 Å². The third-order valence-corrected chi connectivity index (χ3v) is 1.71. The van der Waals surface area contributed by atoms with Gasteiger partial charge in [0.2, 0.25) is 0 Å². The summed E-state index contributed by atoms with van der Waals surface area (Å²) in [5.74, 6) is 0. The van der Waals surface area contributed by atoms with Gasteiger partial charge < -0.3 is 13.8 Å². The Kier molecular flexibility index (Phi) is 42.8. The quantitative estimate of drug-likeness (QED) is 0.369. The minimum Gasteiger partial charge on any atom is -0.343 e. The molecule has 0 N–H and O–H groups in total. The average Bonchev–Trinajstić information content (AvgIpc) is 2.03. The van der Waals surface area contributed by atoms with Crippen LogP contribution in [-0.4, -0.2) is 4.84 Å². The van der Waals surface area contributed by atoms with Gasteiger partial charge in [0.1, 0.15) is 4.84 Å². The van der Waals surface area contributed by atoms with E-state index in [2.05, 4.69) is 20.8 Å². The molecular formula is C10H20Cl2FePd. The van der Waals surface area contributed by atoms with E-state index in [1.807, 2.05) is 0 Å². The zero-order chi connectivity index (χ0) is 9.82. The second kappa shape index (κ2) is 24.1. The van der Waals surface area contributed by atoms with Crippen molar-refractivity contribution in [1.29, 1.82) is 0 Å². The molecule has 92 valence electrons. The summed E-state index contributed by atoms with van der Waals surface area (Å²) in [6.45, 7) is 9.49. The molecule has 0 unspecified atom stereocenters. The first-order valence-corrected chi connectivity index (χ1v) is 5.42. The van der Waals surface area contributed by atoms with Gasteiger partial charge in [-0.3, -0.25) is 0 Å². The fourth-order valence-corrected chi connectivity index (χ4v) is 0.857. The van der Waals surface area contributed by atoms with Crippen molar-refractivity contribution >= 4 is 23.2 Å². The molecule has 0 aromatic heterocycles. The third kappa shape index (κ3) is 37.2. The van der Waals surface area contributed by atoms with E-state index in [-0.39, 0.29) is 42.3 Å². The normalized spacial score (nSPS) is 8.14. The first-order valence-electron chi connectivity index (χ1n) is 4.55. The summed E-state index contributed by atoms with van der Waals surface area (Å²) in [5.41, 5.74) is 0. The zero-order valence-electron chi connectivity index (χ0n) is 8.66. The largest absolute Gasteiger partial charge is 2.00 e. The molecule has 0 saturated heterocycles. The fourth-order valence-electron chi connectivity index (χ4n) is 0.549. The van der Waals surface area contributed by atoms with Crippen LogP contribution in [0.4, 0.5) is 0 Å². The van der Waals surface area contributed by atoms with Crippen LogP contribution in [0.3, 0.4) is 0 Å². The van der Waals surface area contributed by atoms with Crippen LogP contribution in [0.5, 0.6) is 0 Å². The number of unbranched alkanes of at least 4 members (excludes halogenated alkanes) is 3. The van der Waals surface area contributed by atoms with E-state index < -0.39 is 0 Å². The van der Waals surface area contributed by atoms with Crippen LogP contribution >= 0.6 is 23.2 Å². The minimum absolute atomic E-state index is 0. The van der Waals surface area contributed by atoms with Gasteiger partial charge in [-0.25, -0.2) is 0 Å². The molecule has 0 rings (SSSR count). The maximum absolute atomic E-state index is 5.39. The molecule has 14 heavy (non-hydrogen) atoms. The van der Waals surface area contributed by atoms with E-state index in [0.29, 0.717) is 0 Å². The number of alkyl halides is 2. The predicted octanol–water partition coefficient (Wildman–Crippen LogP) is 4.80. The number of hydrogen-bond acceptors (Lipinski definition) is 0. The smallest absolute Gasteiger partial charge is 0.343 e. The van der Waals surface area contributed by atoms with Crippen molar-refractivity contribution in [1.82, 2.24) is 0 Å². The summed E-state index contributed by atoms with van der Waals surface area (Å²) in [5, 5.41) is 0. The number of rotatable bonds is 5. The second-order valence-electron chi connectivity index (χ2n) is 2.59. The fraction of sp³-hybridized carbons (Fsp3) is 0.800. The van der Waals surface area contributed by atoms with Crippen LogP contribution in [0, 0.1) is 13.8 Å². The standard InChI is InChI=1S/C5H9Cl2.C5H11.Fe.Pd/c1-2-3-4-5(6)7;1-3-5-4-2;;/h5H,1-4H2;1,3-5H2,2H3;;/q2*-1;+2;. The van der Waals surface area contributed by atoms with Gasteiger partial charge in [0.25, 0.3) is 0 Å². The van der Waals surface area contributed by atoms with Crippen molar-refractivity contribution < 1.29 is 37.5 Å². The van der Waals surface area contributed by atoms with Gasteiger partial charge in [-0.2, -0.15) is 12.8 Å². The molecule has 0 atom stereocenters. The Labute approximate surface area is 124 Å². The Morgan fingerprint density at radius 1 is 1.07 bits per heavy atom. The first kappa shape index (κ1) is 24.8. The van der Waals surface area contributed by atoms with Crippen LogP contribution in [0.2, 0.25) is 0 Å². The van der Waals surface area contributed by atoms with Gasteiger partial charge in [-0.05, 0) is 6.42 Å². The summed E-state index contributed by atoms with van der Waals surface area (Å²) in [4.78, 5) is -0.193. The van der Waals surface area contributed by atoms with Gasteiger partial charge in [-0.1, -0.05) is 26.2 Å². The van der Waals surface area contributed by atoms with Gasteiger partial charge in [0, 0.05) is 20.4 Å². The Hall–Kier alpha value is 1.76. The van der Waals surface area contributed by atoms with Crippen molar-refractivity contribution in [3.8, 4) is 0 Å². The monoisotopic (exact) mass is 372 g/mol. The van der Waals surface area contributed by atoms with Crippen LogP contribution in [-0.2, 0) is 37.5 Å². The van der Waals surface area contributed by atoms with Crippen molar-refractivity contribution in [2.24, 2.45) is 0 Å². The molecule has 0 bridgehead atoms. The molecule has 0 aliphatic rings. The van der Waals surface area contributed by atoms with Crippen LogP contribution in [0.25, 0.3) is 0 Å².